The molecule has 1 saturated carbocycles. The summed E-state index contributed by atoms with van der Waals surface area (Å²) in [7, 11) is 0. The maximum Gasteiger partial charge on any atom is 0.133 e. The van der Waals surface area contributed by atoms with Gasteiger partial charge in [0.25, 0.3) is 0 Å². The van der Waals surface area contributed by atoms with Crippen LogP contribution in [0.4, 0.5) is 0 Å². The summed E-state index contributed by atoms with van der Waals surface area (Å²) < 4.78 is 0. The summed E-state index contributed by atoms with van der Waals surface area (Å²) in [6.07, 6.45) is 6.87. The van der Waals surface area contributed by atoms with Gasteiger partial charge in [-0.05, 0) is 55.8 Å². The molecule has 2 heteroatoms. The average Bonchev–Trinajstić information content (AvgIpc) is 2.40. The zero-order valence-corrected chi connectivity index (χ0v) is 14.3. The summed E-state index contributed by atoms with van der Waals surface area (Å²) in [5, 5.41) is 0. The first-order valence-electron chi connectivity index (χ1n) is 7.26. The molecule has 1 aliphatic carbocycles. The van der Waals surface area contributed by atoms with Crippen LogP contribution >= 0.6 is 15.9 Å². The van der Waals surface area contributed by atoms with E-state index < -0.39 is 0 Å². The fraction of sp³-hybridized carbons (Fsp3) is 0.812. The van der Waals surface area contributed by atoms with Crippen LogP contribution in [0, 0.1) is 11.3 Å². The summed E-state index contributed by atoms with van der Waals surface area (Å²) >= 11 is 3.44. The van der Waals surface area contributed by atoms with E-state index in [1.54, 1.807) is 6.92 Å². The maximum atomic E-state index is 11.7. The van der Waals surface area contributed by atoms with Gasteiger partial charge in [-0.3, -0.25) is 4.79 Å². The third kappa shape index (κ3) is 5.69. The van der Waals surface area contributed by atoms with E-state index in [0.717, 1.165) is 25.7 Å². The molecule has 0 aliphatic heterocycles. The van der Waals surface area contributed by atoms with E-state index in [4.69, 9.17) is 0 Å². The molecule has 0 saturated heterocycles. The first-order chi connectivity index (χ1) is 8.47. The number of carbonyl (C=O) groups is 1. The van der Waals surface area contributed by atoms with Crippen molar-refractivity contribution in [2.24, 2.45) is 11.3 Å². The third-order valence-electron chi connectivity index (χ3n) is 3.90. The molecule has 0 radical (unpaired) electrons. The summed E-state index contributed by atoms with van der Waals surface area (Å²) in [5.41, 5.74) is 1.67. The second kappa shape index (κ2) is 8.90. The summed E-state index contributed by atoms with van der Waals surface area (Å²) in [6.45, 7) is 10.3. The lowest BCUT2D eigenvalue weighted by Gasteiger charge is -2.32. The van der Waals surface area contributed by atoms with Crippen LogP contribution in [0.25, 0.3) is 0 Å². The van der Waals surface area contributed by atoms with Crippen LogP contribution in [0.2, 0.25) is 0 Å². The molecule has 0 aromatic carbocycles. The molecule has 0 aromatic heterocycles. The molecule has 1 nitrogen and oxygen atoms in total. The lowest BCUT2D eigenvalue weighted by atomic mass is 9.72. The topological polar surface area (TPSA) is 17.1 Å². The van der Waals surface area contributed by atoms with Gasteiger partial charge in [0.15, 0.2) is 0 Å². The first-order valence-corrected chi connectivity index (χ1v) is 8.17. The lowest BCUT2D eigenvalue weighted by Crippen LogP contribution is -2.29. The molecule has 0 spiro atoms. The van der Waals surface area contributed by atoms with Gasteiger partial charge < -0.3 is 0 Å². The van der Waals surface area contributed by atoms with Gasteiger partial charge in [-0.15, -0.1) is 0 Å². The van der Waals surface area contributed by atoms with E-state index in [1.165, 1.54) is 18.4 Å². The highest BCUT2D eigenvalue weighted by Crippen LogP contribution is 2.39. The molecule has 0 N–H and O–H groups in total. The van der Waals surface area contributed by atoms with Gasteiger partial charge in [0.2, 0.25) is 0 Å². The number of hydrogen-bond donors (Lipinski definition) is 0. The van der Waals surface area contributed by atoms with Crippen molar-refractivity contribution in [2.45, 2.75) is 73.1 Å². The second-order valence-electron chi connectivity index (χ2n) is 5.66. The molecular weight excluding hydrogens is 288 g/mol. The predicted molar refractivity (Wildman–Crippen MR) is 84.0 cm³/mol. The van der Waals surface area contributed by atoms with Crippen LogP contribution in [-0.2, 0) is 4.79 Å². The van der Waals surface area contributed by atoms with Crippen molar-refractivity contribution in [3.05, 3.63) is 10.6 Å². The van der Waals surface area contributed by atoms with Gasteiger partial charge in [-0.1, -0.05) is 49.2 Å². The monoisotopic (exact) mass is 316 g/mol. The number of rotatable bonds is 1. The van der Waals surface area contributed by atoms with Crippen molar-refractivity contribution in [2.75, 3.05) is 0 Å². The smallest absolute Gasteiger partial charge is 0.133 e. The maximum absolute atomic E-state index is 11.7. The largest absolute Gasteiger partial charge is 0.300 e. The van der Waals surface area contributed by atoms with Crippen molar-refractivity contribution in [1.29, 1.82) is 0 Å². The van der Waals surface area contributed by atoms with Crippen LogP contribution < -0.4 is 0 Å². The normalized spacial score (nSPS) is 26.3. The number of hydrogen-bond acceptors (Lipinski definition) is 1. The number of allylic oxidation sites excluding steroid dienone is 1. The Labute approximate surface area is 122 Å². The molecule has 1 fully saturated rings. The van der Waals surface area contributed by atoms with E-state index >= 15 is 0 Å². The zero-order valence-electron chi connectivity index (χ0n) is 12.7. The van der Waals surface area contributed by atoms with Crippen LogP contribution in [0.15, 0.2) is 10.6 Å². The van der Waals surface area contributed by atoms with Crippen LogP contribution in [0.3, 0.4) is 0 Å². The molecular formula is C16H29BrO. The van der Waals surface area contributed by atoms with Crippen LogP contribution in [0.5, 0.6) is 0 Å². The Morgan fingerprint density at radius 2 is 1.83 bits per heavy atom. The third-order valence-corrected chi connectivity index (χ3v) is 4.55. The fourth-order valence-corrected chi connectivity index (χ4v) is 3.31. The Morgan fingerprint density at radius 1 is 1.28 bits per heavy atom. The number of carbonyl (C=O) groups excluding carboxylic acids is 1. The molecule has 106 valence electrons. The van der Waals surface area contributed by atoms with Crippen molar-refractivity contribution in [3.63, 3.8) is 0 Å². The van der Waals surface area contributed by atoms with Gasteiger partial charge in [-0.2, -0.15) is 0 Å². The molecule has 0 aromatic rings. The fourth-order valence-electron chi connectivity index (χ4n) is 2.86. The summed E-state index contributed by atoms with van der Waals surface area (Å²) in [4.78, 5) is 13.8. The minimum atomic E-state index is 0.174. The van der Waals surface area contributed by atoms with E-state index in [1.807, 2.05) is 13.8 Å². The molecule has 1 rings (SSSR count). The molecule has 0 bridgehead atoms. The highest BCUT2D eigenvalue weighted by Gasteiger charge is 2.32. The molecule has 0 heterocycles. The van der Waals surface area contributed by atoms with E-state index in [0.29, 0.717) is 5.78 Å². The Bertz CT molecular complexity index is 279. The molecule has 18 heavy (non-hydrogen) atoms. The van der Waals surface area contributed by atoms with Gasteiger partial charge in [0, 0.05) is 5.92 Å². The van der Waals surface area contributed by atoms with Gasteiger partial charge in [0.05, 0.1) is 0 Å². The minimum absolute atomic E-state index is 0.174. The van der Waals surface area contributed by atoms with Crippen molar-refractivity contribution in [3.8, 4) is 0 Å². The zero-order chi connectivity index (χ0) is 14.2. The Balaban J connectivity index is 0.00000137. The van der Waals surface area contributed by atoms with E-state index in [-0.39, 0.29) is 11.3 Å². The Morgan fingerprint density at radius 3 is 2.33 bits per heavy atom. The van der Waals surface area contributed by atoms with Gasteiger partial charge in [-0.25, -0.2) is 0 Å². The average molecular weight is 317 g/mol. The van der Waals surface area contributed by atoms with Crippen molar-refractivity contribution < 1.29 is 4.79 Å². The second-order valence-corrected chi connectivity index (χ2v) is 6.12. The van der Waals surface area contributed by atoms with Gasteiger partial charge >= 0.3 is 0 Å². The van der Waals surface area contributed by atoms with Crippen molar-refractivity contribution >= 4 is 21.7 Å². The summed E-state index contributed by atoms with van der Waals surface area (Å²) in [5.74, 6) is 0.624. The lowest BCUT2D eigenvalue weighted by molar-refractivity contribution is -0.124. The first kappa shape index (κ1) is 17.9. The van der Waals surface area contributed by atoms with Crippen LogP contribution in [0.1, 0.15) is 73.1 Å². The summed E-state index contributed by atoms with van der Waals surface area (Å²) in [6, 6.07) is 0. The number of Topliss-reactive ketones (excluding diaryl/α,β-unsaturated/α-hetero) is 1. The van der Waals surface area contributed by atoms with Crippen molar-refractivity contribution in [1.82, 2.24) is 0 Å². The Hall–Kier alpha value is -0.110. The Kier molecular flexibility index (Phi) is 8.85. The van der Waals surface area contributed by atoms with E-state index in [2.05, 4.69) is 34.8 Å². The quantitative estimate of drug-likeness (QED) is 0.590. The standard InChI is InChI=1S/C14H23BrO.C2H6/c1-11(16)13-8-4-6-12(10-15)7-5-9-14(13,2)3;1-2/h10,13H,4-9H2,1-3H3;1-2H3/b12-10-;. The number of halogens is 1. The molecule has 1 aliphatic rings. The van der Waals surface area contributed by atoms with Gasteiger partial charge in [0.1, 0.15) is 5.78 Å². The van der Waals surface area contributed by atoms with Crippen LogP contribution in [-0.4, -0.2) is 5.78 Å². The molecule has 1 unspecified atom stereocenters. The minimum Gasteiger partial charge on any atom is -0.300 e. The highest BCUT2D eigenvalue weighted by atomic mass is 79.9. The highest BCUT2D eigenvalue weighted by molar-refractivity contribution is 9.11. The van der Waals surface area contributed by atoms with E-state index in [9.17, 15) is 4.79 Å². The predicted octanol–water partition coefficient (Wildman–Crippen LogP) is 5.88. The molecule has 1 atom stereocenters. The SMILES string of the molecule is CC.CC(=O)C1CCC/C(=C/Br)CCCC1(C)C. The molecule has 0 amide bonds. The number of ketones is 1.